The van der Waals surface area contributed by atoms with Crippen molar-refractivity contribution in [3.63, 3.8) is 0 Å². The fourth-order valence-corrected chi connectivity index (χ4v) is 4.80. The minimum atomic E-state index is -2.63. The summed E-state index contributed by atoms with van der Waals surface area (Å²) in [6, 6.07) is 0. The first-order valence-corrected chi connectivity index (χ1v) is 11.1. The normalized spacial score (nSPS) is 13.1. The van der Waals surface area contributed by atoms with E-state index in [1.807, 2.05) is 20.8 Å². The number of unbranched alkanes of at least 4 members (excludes halogenated alkanes) is 1. The fourth-order valence-electron chi connectivity index (χ4n) is 2.49. The number of hydrogen-bond donors (Lipinski definition) is 0. The molecule has 0 bridgehead atoms. The molecule has 0 aromatic rings. The highest BCUT2D eigenvalue weighted by Gasteiger charge is 2.40. The Bertz CT molecular complexity index is 293. The van der Waals surface area contributed by atoms with E-state index in [1.165, 1.54) is 25.1 Å². The maximum absolute atomic E-state index is 5.83. The number of hydrogen-bond acceptors (Lipinski definition) is 5. The van der Waals surface area contributed by atoms with Crippen molar-refractivity contribution in [2.24, 2.45) is 4.99 Å². The standard InChI is InChI=1S/C17H38N2O3Si/c1-7-19(8-2)15-13-12-14-17(6)18-16-23(20-9-3,21-10-4)22-11-5/h7-16H2,1-6H3. The van der Waals surface area contributed by atoms with Gasteiger partial charge in [-0.2, -0.15) is 0 Å². The Morgan fingerprint density at radius 1 is 0.870 bits per heavy atom. The molecule has 23 heavy (non-hydrogen) atoms. The summed E-state index contributed by atoms with van der Waals surface area (Å²) in [6.45, 7) is 17.7. The van der Waals surface area contributed by atoms with Crippen molar-refractivity contribution in [2.45, 2.75) is 60.8 Å². The SMILES string of the molecule is CCO[Si](CN=C(C)CCCCN(CC)CC)(OCC)OCC. The number of aliphatic imine (C=N–C) groups is 1. The van der Waals surface area contributed by atoms with Gasteiger partial charge in [0.05, 0.1) is 0 Å². The van der Waals surface area contributed by atoms with Crippen molar-refractivity contribution in [3.8, 4) is 0 Å². The van der Waals surface area contributed by atoms with Gasteiger partial charge in [-0.3, -0.25) is 4.99 Å². The van der Waals surface area contributed by atoms with Gasteiger partial charge in [-0.15, -0.1) is 0 Å². The summed E-state index contributed by atoms with van der Waals surface area (Å²) in [4.78, 5) is 7.16. The third-order valence-corrected chi connectivity index (χ3v) is 6.52. The van der Waals surface area contributed by atoms with Crippen LogP contribution in [0.5, 0.6) is 0 Å². The van der Waals surface area contributed by atoms with Gasteiger partial charge in [0.15, 0.2) is 0 Å². The second-order valence-corrected chi connectivity index (χ2v) is 8.07. The van der Waals surface area contributed by atoms with Crippen molar-refractivity contribution in [1.82, 2.24) is 4.90 Å². The summed E-state index contributed by atoms with van der Waals surface area (Å²) in [5, 5.41) is 0. The van der Waals surface area contributed by atoms with E-state index in [2.05, 4.69) is 25.7 Å². The minimum Gasteiger partial charge on any atom is -0.373 e. The summed E-state index contributed by atoms with van der Waals surface area (Å²) in [6.07, 6.45) is 3.97. The van der Waals surface area contributed by atoms with Gasteiger partial charge in [-0.25, -0.2) is 0 Å². The van der Waals surface area contributed by atoms with E-state index >= 15 is 0 Å². The lowest BCUT2D eigenvalue weighted by Gasteiger charge is -2.27. The molecule has 0 aromatic heterocycles. The molecule has 0 heterocycles. The second kappa shape index (κ2) is 14.1. The zero-order valence-electron chi connectivity index (χ0n) is 16.2. The summed E-state index contributed by atoms with van der Waals surface area (Å²) in [5.41, 5.74) is 1.17. The van der Waals surface area contributed by atoms with E-state index < -0.39 is 8.80 Å². The van der Waals surface area contributed by atoms with Crippen molar-refractivity contribution >= 4 is 14.5 Å². The molecule has 0 radical (unpaired) electrons. The first kappa shape index (κ1) is 22.7. The van der Waals surface area contributed by atoms with Gasteiger partial charge in [0.25, 0.3) is 0 Å². The van der Waals surface area contributed by atoms with Crippen LogP contribution in [0.3, 0.4) is 0 Å². The molecular weight excluding hydrogens is 308 g/mol. The molecule has 0 spiro atoms. The monoisotopic (exact) mass is 346 g/mol. The maximum Gasteiger partial charge on any atom is 0.523 e. The maximum atomic E-state index is 5.83. The van der Waals surface area contributed by atoms with E-state index in [9.17, 15) is 0 Å². The first-order valence-electron chi connectivity index (χ1n) is 9.21. The van der Waals surface area contributed by atoms with Gasteiger partial charge >= 0.3 is 8.80 Å². The molecule has 0 N–H and O–H groups in total. The third kappa shape index (κ3) is 10.2. The lowest BCUT2D eigenvalue weighted by Crippen LogP contribution is -2.49. The van der Waals surface area contributed by atoms with Crippen LogP contribution in [0.2, 0.25) is 0 Å². The smallest absolute Gasteiger partial charge is 0.373 e. The van der Waals surface area contributed by atoms with Crippen molar-refractivity contribution in [3.05, 3.63) is 0 Å². The van der Waals surface area contributed by atoms with Gasteiger partial charge in [-0.1, -0.05) is 13.8 Å². The minimum absolute atomic E-state index is 0.532. The van der Waals surface area contributed by atoms with Crippen LogP contribution in [0.1, 0.15) is 60.8 Å². The lowest BCUT2D eigenvalue weighted by atomic mass is 10.2. The summed E-state index contributed by atoms with van der Waals surface area (Å²) < 4.78 is 17.5. The van der Waals surface area contributed by atoms with Gasteiger partial charge < -0.3 is 18.2 Å². The Morgan fingerprint density at radius 2 is 1.39 bits per heavy atom. The van der Waals surface area contributed by atoms with Crippen LogP contribution in [0.4, 0.5) is 0 Å². The molecule has 0 aromatic carbocycles. The molecule has 0 rings (SSSR count). The van der Waals surface area contributed by atoms with Crippen molar-refractivity contribution in [2.75, 3.05) is 45.6 Å². The Hall–Kier alpha value is -0.273. The predicted molar refractivity (Wildman–Crippen MR) is 100 cm³/mol. The molecule has 0 amide bonds. The molecule has 0 aliphatic heterocycles. The Balaban J connectivity index is 4.34. The Labute approximate surface area is 144 Å². The highest BCUT2D eigenvalue weighted by Crippen LogP contribution is 2.11. The number of rotatable bonds is 15. The van der Waals surface area contributed by atoms with Crippen molar-refractivity contribution in [1.29, 1.82) is 0 Å². The number of nitrogens with zero attached hydrogens (tertiary/aromatic N) is 2. The molecule has 0 aliphatic carbocycles. The molecule has 5 nitrogen and oxygen atoms in total. The van der Waals surface area contributed by atoms with Crippen LogP contribution in [0.25, 0.3) is 0 Å². The molecule has 6 heteroatoms. The summed E-state index contributed by atoms with van der Waals surface area (Å²) in [7, 11) is -2.63. The highest BCUT2D eigenvalue weighted by molar-refractivity contribution is 6.61. The highest BCUT2D eigenvalue weighted by atomic mass is 28.4. The van der Waals surface area contributed by atoms with E-state index in [-0.39, 0.29) is 0 Å². The van der Waals surface area contributed by atoms with Crippen LogP contribution in [0.15, 0.2) is 4.99 Å². The molecular formula is C17H38N2O3Si. The molecule has 0 unspecified atom stereocenters. The van der Waals surface area contributed by atoms with Crippen LogP contribution >= 0.6 is 0 Å². The topological polar surface area (TPSA) is 43.3 Å². The largest absolute Gasteiger partial charge is 0.523 e. The quantitative estimate of drug-likeness (QED) is 0.258. The average Bonchev–Trinajstić information content (AvgIpc) is 2.54. The van der Waals surface area contributed by atoms with E-state index in [0.717, 1.165) is 19.5 Å². The van der Waals surface area contributed by atoms with Crippen LogP contribution in [-0.2, 0) is 13.3 Å². The van der Waals surface area contributed by atoms with Gasteiger partial charge in [-0.05, 0) is 66.6 Å². The summed E-state index contributed by atoms with van der Waals surface area (Å²) >= 11 is 0. The average molecular weight is 347 g/mol. The third-order valence-electron chi connectivity index (χ3n) is 3.79. The zero-order valence-corrected chi connectivity index (χ0v) is 17.2. The van der Waals surface area contributed by atoms with E-state index in [1.54, 1.807) is 0 Å². The van der Waals surface area contributed by atoms with Gasteiger partial charge in [0.1, 0.15) is 6.17 Å². The summed E-state index contributed by atoms with van der Waals surface area (Å²) in [5.74, 6) is 0. The molecule has 0 saturated carbocycles. The molecule has 0 atom stereocenters. The van der Waals surface area contributed by atoms with E-state index in [0.29, 0.717) is 26.0 Å². The fraction of sp³-hybridized carbons (Fsp3) is 0.941. The molecule has 138 valence electrons. The zero-order chi connectivity index (χ0) is 17.6. The van der Waals surface area contributed by atoms with Crippen molar-refractivity contribution < 1.29 is 13.3 Å². The van der Waals surface area contributed by atoms with Gasteiger partial charge in [0, 0.05) is 25.5 Å². The molecule has 0 fully saturated rings. The predicted octanol–water partition coefficient (Wildman–Crippen LogP) is 3.55. The van der Waals surface area contributed by atoms with Crippen LogP contribution in [-0.4, -0.2) is 65.0 Å². The Kier molecular flexibility index (Phi) is 13.9. The second-order valence-electron chi connectivity index (χ2n) is 5.52. The van der Waals surface area contributed by atoms with E-state index in [4.69, 9.17) is 18.3 Å². The Morgan fingerprint density at radius 3 is 1.83 bits per heavy atom. The molecule has 0 saturated heterocycles. The molecule has 0 aliphatic rings. The first-order chi connectivity index (χ1) is 11.1. The van der Waals surface area contributed by atoms with Crippen LogP contribution in [0, 0.1) is 0 Å². The van der Waals surface area contributed by atoms with Crippen LogP contribution < -0.4 is 0 Å². The lowest BCUT2D eigenvalue weighted by molar-refractivity contribution is 0.0729. The van der Waals surface area contributed by atoms with Gasteiger partial charge in [0.2, 0.25) is 0 Å².